The Morgan fingerprint density at radius 1 is 0.366 bits per heavy atom. The van der Waals surface area contributed by atoms with Gasteiger partial charge >= 0.3 is 0 Å². The van der Waals surface area contributed by atoms with Gasteiger partial charge in [-0.3, -0.25) is 0 Å². The molecular formula is C41H30. The Balaban J connectivity index is 1.21. The van der Waals surface area contributed by atoms with Crippen molar-refractivity contribution in [1.82, 2.24) is 0 Å². The third-order valence-electron chi connectivity index (χ3n) is 10.1. The number of hydrogen-bond donors (Lipinski definition) is 0. The van der Waals surface area contributed by atoms with Crippen molar-refractivity contribution in [2.75, 3.05) is 0 Å². The second-order valence-electron chi connectivity index (χ2n) is 12.5. The van der Waals surface area contributed by atoms with Gasteiger partial charge in [0.2, 0.25) is 0 Å². The van der Waals surface area contributed by atoms with Gasteiger partial charge in [0.1, 0.15) is 0 Å². The van der Waals surface area contributed by atoms with Crippen LogP contribution in [0.2, 0.25) is 0 Å². The van der Waals surface area contributed by atoms with E-state index in [9.17, 15) is 0 Å². The van der Waals surface area contributed by atoms with Gasteiger partial charge in [0.15, 0.2) is 0 Å². The molecule has 41 heavy (non-hydrogen) atoms. The molecule has 0 spiro atoms. The van der Waals surface area contributed by atoms with Gasteiger partial charge in [-0.1, -0.05) is 135 Å². The summed E-state index contributed by atoms with van der Waals surface area (Å²) in [6.45, 7) is 4.72. The maximum Gasteiger partial charge on any atom is 0.0352 e. The predicted molar refractivity (Wildman–Crippen MR) is 170 cm³/mol. The van der Waals surface area contributed by atoms with Gasteiger partial charge in [-0.25, -0.2) is 0 Å². The first-order valence-corrected chi connectivity index (χ1v) is 14.8. The molecular weight excluding hydrogens is 492 g/mol. The summed E-state index contributed by atoms with van der Waals surface area (Å²) in [6, 6.07) is 50.5. The molecule has 0 heteroatoms. The molecule has 6 aromatic carbocycles. The standard InChI is InChI=1S/C41H30/c1-41(2)37-18-10-9-14-30(37)36-24-26(20-22-38(36)41)40-33-17-8-5-13-29(33)35-23-25(19-21-34(35)40)39-31-15-6-3-11-27(31)28-12-4-7-16-32(28)39/h3-24,39-40H,1-2H3. The molecule has 0 aliphatic heterocycles. The van der Waals surface area contributed by atoms with E-state index in [0.717, 1.165) is 0 Å². The molecule has 3 aliphatic rings. The fourth-order valence-electron chi connectivity index (χ4n) is 8.19. The Morgan fingerprint density at radius 2 is 0.780 bits per heavy atom. The molecule has 1 unspecified atom stereocenters. The van der Waals surface area contributed by atoms with Gasteiger partial charge in [0, 0.05) is 17.3 Å². The fraction of sp³-hybridized carbons (Fsp3) is 0.122. The lowest BCUT2D eigenvalue weighted by Crippen LogP contribution is -2.14. The maximum absolute atomic E-state index is 2.49. The topological polar surface area (TPSA) is 0 Å². The van der Waals surface area contributed by atoms with E-state index in [4.69, 9.17) is 0 Å². The number of hydrogen-bond acceptors (Lipinski definition) is 0. The van der Waals surface area contributed by atoms with Crippen LogP contribution in [0.4, 0.5) is 0 Å². The van der Waals surface area contributed by atoms with Gasteiger partial charge in [-0.15, -0.1) is 0 Å². The molecule has 0 nitrogen and oxygen atoms in total. The van der Waals surface area contributed by atoms with Gasteiger partial charge in [-0.2, -0.15) is 0 Å². The van der Waals surface area contributed by atoms with E-state index >= 15 is 0 Å². The van der Waals surface area contributed by atoms with Crippen LogP contribution in [0.25, 0.3) is 33.4 Å². The van der Waals surface area contributed by atoms with E-state index in [2.05, 4.69) is 147 Å². The van der Waals surface area contributed by atoms with Gasteiger partial charge in [0.05, 0.1) is 0 Å². The van der Waals surface area contributed by atoms with Crippen LogP contribution in [-0.2, 0) is 5.41 Å². The zero-order valence-electron chi connectivity index (χ0n) is 23.4. The fourth-order valence-corrected chi connectivity index (χ4v) is 8.19. The molecule has 0 fully saturated rings. The number of rotatable bonds is 2. The van der Waals surface area contributed by atoms with Crippen molar-refractivity contribution in [1.29, 1.82) is 0 Å². The molecule has 1 atom stereocenters. The van der Waals surface area contributed by atoms with Crippen molar-refractivity contribution in [3.63, 3.8) is 0 Å². The SMILES string of the molecule is CC1(C)c2ccccc2-c2cc(C3c4ccccc4-c4cc(C5c6ccccc6-c6ccccc65)ccc43)ccc21. The van der Waals surface area contributed by atoms with E-state index < -0.39 is 0 Å². The highest BCUT2D eigenvalue weighted by molar-refractivity contribution is 5.86. The zero-order chi connectivity index (χ0) is 27.3. The average molecular weight is 523 g/mol. The summed E-state index contributed by atoms with van der Waals surface area (Å²) >= 11 is 0. The van der Waals surface area contributed by atoms with E-state index in [1.165, 1.54) is 77.9 Å². The van der Waals surface area contributed by atoms with Crippen LogP contribution in [0.1, 0.15) is 70.2 Å². The molecule has 0 saturated heterocycles. The highest BCUT2D eigenvalue weighted by Crippen LogP contribution is 2.54. The molecule has 6 aromatic rings. The van der Waals surface area contributed by atoms with E-state index in [-0.39, 0.29) is 17.3 Å². The highest BCUT2D eigenvalue weighted by Gasteiger charge is 2.37. The summed E-state index contributed by atoms with van der Waals surface area (Å²) in [5.41, 5.74) is 19.6. The summed E-state index contributed by atoms with van der Waals surface area (Å²) in [5.74, 6) is 0.497. The lowest BCUT2D eigenvalue weighted by atomic mass is 9.81. The van der Waals surface area contributed by atoms with Crippen LogP contribution in [-0.4, -0.2) is 0 Å². The monoisotopic (exact) mass is 522 g/mol. The highest BCUT2D eigenvalue weighted by atomic mass is 14.4. The quantitative estimate of drug-likeness (QED) is 0.212. The van der Waals surface area contributed by atoms with Crippen molar-refractivity contribution in [3.05, 3.63) is 178 Å². The second kappa shape index (κ2) is 8.18. The van der Waals surface area contributed by atoms with E-state index in [0.29, 0.717) is 0 Å². The van der Waals surface area contributed by atoms with Crippen LogP contribution in [0.3, 0.4) is 0 Å². The third kappa shape index (κ3) is 3.05. The third-order valence-corrected chi connectivity index (χ3v) is 10.1. The van der Waals surface area contributed by atoms with Crippen molar-refractivity contribution >= 4 is 0 Å². The van der Waals surface area contributed by atoms with Crippen LogP contribution in [0.15, 0.2) is 133 Å². The van der Waals surface area contributed by atoms with Crippen molar-refractivity contribution in [2.45, 2.75) is 31.1 Å². The minimum Gasteiger partial charge on any atom is -0.0619 e. The van der Waals surface area contributed by atoms with Gasteiger partial charge in [-0.05, 0) is 90.0 Å². The molecule has 0 aromatic heterocycles. The first-order valence-electron chi connectivity index (χ1n) is 14.8. The van der Waals surface area contributed by atoms with Crippen molar-refractivity contribution in [3.8, 4) is 33.4 Å². The van der Waals surface area contributed by atoms with E-state index in [1.54, 1.807) is 0 Å². The molecule has 0 radical (unpaired) electrons. The lowest BCUT2D eigenvalue weighted by Gasteiger charge is -2.22. The zero-order valence-corrected chi connectivity index (χ0v) is 23.4. The van der Waals surface area contributed by atoms with Crippen LogP contribution in [0, 0.1) is 0 Å². The summed E-state index contributed by atoms with van der Waals surface area (Å²) in [5, 5.41) is 0. The summed E-state index contributed by atoms with van der Waals surface area (Å²) < 4.78 is 0. The Kier molecular flexibility index (Phi) is 4.60. The van der Waals surface area contributed by atoms with Crippen molar-refractivity contribution < 1.29 is 0 Å². The van der Waals surface area contributed by atoms with Gasteiger partial charge in [0.25, 0.3) is 0 Å². The predicted octanol–water partition coefficient (Wildman–Crippen LogP) is 10.3. The Labute approximate surface area is 242 Å². The first-order chi connectivity index (χ1) is 20.1. The Bertz CT molecular complexity index is 1990. The lowest BCUT2D eigenvalue weighted by molar-refractivity contribution is 0.660. The molecule has 9 rings (SSSR count). The second-order valence-corrected chi connectivity index (χ2v) is 12.5. The number of fused-ring (bicyclic) bond motifs is 9. The Morgan fingerprint density at radius 3 is 1.39 bits per heavy atom. The van der Waals surface area contributed by atoms with Gasteiger partial charge < -0.3 is 0 Å². The molecule has 3 aliphatic carbocycles. The van der Waals surface area contributed by atoms with Crippen LogP contribution < -0.4 is 0 Å². The van der Waals surface area contributed by atoms with E-state index in [1.807, 2.05) is 0 Å². The molecule has 0 heterocycles. The van der Waals surface area contributed by atoms with Crippen LogP contribution in [0.5, 0.6) is 0 Å². The maximum atomic E-state index is 2.49. The first kappa shape index (κ1) is 23.1. The summed E-state index contributed by atoms with van der Waals surface area (Å²) in [7, 11) is 0. The van der Waals surface area contributed by atoms with Crippen molar-refractivity contribution in [2.24, 2.45) is 0 Å². The smallest absolute Gasteiger partial charge is 0.0352 e. The summed E-state index contributed by atoms with van der Waals surface area (Å²) in [6.07, 6.45) is 0. The van der Waals surface area contributed by atoms with Crippen LogP contribution >= 0.6 is 0 Å². The normalized spacial score (nSPS) is 16.9. The largest absolute Gasteiger partial charge is 0.0619 e. The molecule has 0 amide bonds. The molecule has 0 saturated carbocycles. The minimum atomic E-state index is 0.0265. The Hall–Kier alpha value is -4.68. The minimum absolute atomic E-state index is 0.0265. The summed E-state index contributed by atoms with van der Waals surface area (Å²) in [4.78, 5) is 0. The number of benzene rings is 6. The average Bonchev–Trinajstić information content (AvgIpc) is 3.61. The molecule has 0 N–H and O–H groups in total. The molecule has 194 valence electrons. The molecule has 0 bridgehead atoms.